The highest BCUT2D eigenvalue weighted by Crippen LogP contribution is 2.10. The minimum Gasteiger partial charge on any atom is -0.508 e. The Hall–Kier alpha value is -2.34. The Morgan fingerprint density at radius 3 is 2.74 bits per heavy atom. The Kier molecular flexibility index (Phi) is 4.15. The summed E-state index contributed by atoms with van der Waals surface area (Å²) in [6.07, 6.45) is 3.79. The Labute approximate surface area is 110 Å². The highest BCUT2D eigenvalue weighted by Gasteiger charge is 2.13. The second-order valence-corrected chi connectivity index (χ2v) is 4.30. The maximum Gasteiger partial charge on any atom is 0.237 e. The number of phenolic OH excluding ortho intramolecular Hbond substituents is 1. The van der Waals surface area contributed by atoms with Crippen LogP contribution in [-0.4, -0.2) is 27.3 Å². The molecule has 6 nitrogen and oxygen atoms in total. The molecule has 0 aliphatic heterocycles. The second kappa shape index (κ2) is 6.01. The third-order valence-corrected chi connectivity index (χ3v) is 2.75. The third kappa shape index (κ3) is 3.82. The highest BCUT2D eigenvalue weighted by atomic mass is 16.3. The van der Waals surface area contributed by atoms with E-state index in [-0.39, 0.29) is 11.7 Å². The zero-order valence-corrected chi connectivity index (χ0v) is 10.3. The summed E-state index contributed by atoms with van der Waals surface area (Å²) in [7, 11) is 0. The molecule has 0 saturated carbocycles. The number of nitrogens with one attached hydrogen (secondary N) is 2. The van der Waals surface area contributed by atoms with Crippen molar-refractivity contribution < 1.29 is 9.90 Å². The molecular weight excluding hydrogens is 244 g/mol. The van der Waals surface area contributed by atoms with Gasteiger partial charge in [-0.05, 0) is 24.1 Å². The zero-order chi connectivity index (χ0) is 13.7. The molecule has 0 aliphatic carbocycles. The van der Waals surface area contributed by atoms with Crippen LogP contribution in [0.5, 0.6) is 5.75 Å². The van der Waals surface area contributed by atoms with E-state index < -0.39 is 6.04 Å². The maximum absolute atomic E-state index is 11.8. The summed E-state index contributed by atoms with van der Waals surface area (Å²) in [5.74, 6) is -0.0176. The molecule has 1 aromatic heterocycles. The number of benzene rings is 1. The molecule has 0 aliphatic rings. The van der Waals surface area contributed by atoms with Gasteiger partial charge in [0, 0.05) is 18.3 Å². The Bertz CT molecular complexity index is 522. The minimum absolute atomic E-state index is 0.196. The van der Waals surface area contributed by atoms with Crippen molar-refractivity contribution >= 4 is 5.91 Å². The van der Waals surface area contributed by atoms with Crippen molar-refractivity contribution in [1.29, 1.82) is 0 Å². The number of hydrogen-bond donors (Lipinski definition) is 4. The Morgan fingerprint density at radius 1 is 1.37 bits per heavy atom. The number of nitrogens with zero attached hydrogens (tertiary/aromatic N) is 1. The summed E-state index contributed by atoms with van der Waals surface area (Å²) in [4.78, 5) is 11.8. The SMILES string of the molecule is N[C@@H](Cc1ccc(O)cc1)C(=O)NCc1cn[nH]c1. The van der Waals surface area contributed by atoms with E-state index in [1.165, 1.54) is 0 Å². The molecule has 1 atom stereocenters. The molecule has 0 fully saturated rings. The molecule has 0 saturated heterocycles. The van der Waals surface area contributed by atoms with Gasteiger partial charge in [-0.25, -0.2) is 0 Å². The summed E-state index contributed by atoms with van der Waals surface area (Å²) in [5.41, 5.74) is 7.63. The molecule has 2 rings (SSSR count). The number of H-pyrrole nitrogens is 1. The summed E-state index contributed by atoms with van der Waals surface area (Å²) in [6, 6.07) is 6.03. The normalized spacial score (nSPS) is 12.1. The van der Waals surface area contributed by atoms with Crippen LogP contribution in [0.1, 0.15) is 11.1 Å². The van der Waals surface area contributed by atoms with Crippen molar-refractivity contribution in [2.75, 3.05) is 0 Å². The van der Waals surface area contributed by atoms with Crippen LogP contribution in [0.15, 0.2) is 36.7 Å². The lowest BCUT2D eigenvalue weighted by molar-refractivity contribution is -0.122. The minimum atomic E-state index is -0.614. The predicted octanol–water partition coefficient (Wildman–Crippen LogP) is 0.301. The molecule has 2 aromatic rings. The Morgan fingerprint density at radius 2 is 2.11 bits per heavy atom. The number of aromatic hydroxyl groups is 1. The lowest BCUT2D eigenvalue weighted by Gasteiger charge is -2.11. The van der Waals surface area contributed by atoms with Crippen LogP contribution in [0.25, 0.3) is 0 Å². The molecule has 0 spiro atoms. The number of carbonyl (C=O) groups is 1. The summed E-state index contributed by atoms with van der Waals surface area (Å²) < 4.78 is 0. The summed E-state index contributed by atoms with van der Waals surface area (Å²) in [6.45, 7) is 0.401. The van der Waals surface area contributed by atoms with E-state index in [2.05, 4.69) is 15.5 Å². The molecule has 0 bridgehead atoms. The first-order valence-electron chi connectivity index (χ1n) is 5.94. The highest BCUT2D eigenvalue weighted by molar-refractivity contribution is 5.81. The molecule has 1 amide bonds. The van der Waals surface area contributed by atoms with Crippen LogP contribution in [0.2, 0.25) is 0 Å². The van der Waals surface area contributed by atoms with Gasteiger partial charge < -0.3 is 16.2 Å². The van der Waals surface area contributed by atoms with E-state index >= 15 is 0 Å². The first-order valence-corrected chi connectivity index (χ1v) is 5.94. The summed E-state index contributed by atoms with van der Waals surface area (Å²) in [5, 5.41) is 18.4. The number of rotatable bonds is 5. The lowest BCUT2D eigenvalue weighted by Crippen LogP contribution is -2.41. The van der Waals surface area contributed by atoms with Crippen LogP contribution in [-0.2, 0) is 17.8 Å². The molecule has 0 radical (unpaired) electrons. The van der Waals surface area contributed by atoms with Crippen molar-refractivity contribution in [2.45, 2.75) is 19.0 Å². The van der Waals surface area contributed by atoms with Crippen molar-refractivity contribution in [3.05, 3.63) is 47.8 Å². The van der Waals surface area contributed by atoms with Gasteiger partial charge in [-0.1, -0.05) is 12.1 Å². The zero-order valence-electron chi connectivity index (χ0n) is 10.3. The molecule has 0 unspecified atom stereocenters. The Balaban J connectivity index is 1.83. The largest absolute Gasteiger partial charge is 0.508 e. The number of hydrogen-bond acceptors (Lipinski definition) is 4. The van der Waals surface area contributed by atoms with Gasteiger partial charge in [-0.3, -0.25) is 9.89 Å². The fourth-order valence-corrected chi connectivity index (χ4v) is 1.67. The molecule has 1 aromatic carbocycles. The first kappa shape index (κ1) is 13.1. The van der Waals surface area contributed by atoms with E-state index in [9.17, 15) is 9.90 Å². The van der Waals surface area contributed by atoms with Crippen molar-refractivity contribution in [3.63, 3.8) is 0 Å². The van der Waals surface area contributed by atoms with Crippen LogP contribution >= 0.6 is 0 Å². The van der Waals surface area contributed by atoms with Gasteiger partial charge in [-0.2, -0.15) is 5.10 Å². The van der Waals surface area contributed by atoms with Crippen molar-refractivity contribution in [1.82, 2.24) is 15.5 Å². The van der Waals surface area contributed by atoms with Gasteiger partial charge in [-0.15, -0.1) is 0 Å². The monoisotopic (exact) mass is 260 g/mol. The number of amides is 1. The van der Waals surface area contributed by atoms with E-state index in [4.69, 9.17) is 5.73 Å². The molecular formula is C13H16N4O2. The summed E-state index contributed by atoms with van der Waals surface area (Å²) >= 11 is 0. The van der Waals surface area contributed by atoms with Crippen LogP contribution in [0, 0.1) is 0 Å². The average Bonchev–Trinajstić information content (AvgIpc) is 2.91. The number of aromatic nitrogens is 2. The number of nitrogens with two attached hydrogens (primary N) is 1. The number of carbonyl (C=O) groups excluding carboxylic acids is 1. The van der Waals surface area contributed by atoms with Crippen molar-refractivity contribution in [3.8, 4) is 5.75 Å². The van der Waals surface area contributed by atoms with Gasteiger partial charge >= 0.3 is 0 Å². The molecule has 5 N–H and O–H groups in total. The van der Waals surface area contributed by atoms with Gasteiger partial charge in [0.1, 0.15) is 5.75 Å². The fourth-order valence-electron chi connectivity index (χ4n) is 1.67. The van der Waals surface area contributed by atoms with E-state index in [1.807, 2.05) is 0 Å². The van der Waals surface area contributed by atoms with Gasteiger partial charge in [0.05, 0.1) is 12.2 Å². The number of phenols is 1. The number of aromatic amines is 1. The second-order valence-electron chi connectivity index (χ2n) is 4.30. The van der Waals surface area contributed by atoms with E-state index in [0.717, 1.165) is 11.1 Å². The van der Waals surface area contributed by atoms with E-state index in [1.54, 1.807) is 36.7 Å². The fraction of sp³-hybridized carbons (Fsp3) is 0.231. The van der Waals surface area contributed by atoms with Gasteiger partial charge in [0.15, 0.2) is 0 Å². The lowest BCUT2D eigenvalue weighted by atomic mass is 10.1. The predicted molar refractivity (Wildman–Crippen MR) is 70.2 cm³/mol. The van der Waals surface area contributed by atoms with Crippen LogP contribution in [0.4, 0.5) is 0 Å². The van der Waals surface area contributed by atoms with Crippen molar-refractivity contribution in [2.24, 2.45) is 5.73 Å². The van der Waals surface area contributed by atoms with E-state index in [0.29, 0.717) is 13.0 Å². The maximum atomic E-state index is 11.8. The van der Waals surface area contributed by atoms with Gasteiger partial charge in [0.2, 0.25) is 5.91 Å². The van der Waals surface area contributed by atoms with Gasteiger partial charge in [0.25, 0.3) is 0 Å². The molecule has 6 heteroatoms. The topological polar surface area (TPSA) is 104 Å². The van der Waals surface area contributed by atoms with Crippen LogP contribution in [0.3, 0.4) is 0 Å². The molecule has 19 heavy (non-hydrogen) atoms. The quantitative estimate of drug-likeness (QED) is 0.620. The average molecular weight is 260 g/mol. The van der Waals surface area contributed by atoms with Crippen LogP contribution < -0.4 is 11.1 Å². The smallest absolute Gasteiger partial charge is 0.237 e. The standard InChI is InChI=1S/C13H16N4O2/c14-12(5-9-1-3-11(18)4-2-9)13(19)15-6-10-7-16-17-8-10/h1-4,7-8,12,18H,5-6,14H2,(H,15,19)(H,16,17)/t12-/m0/s1. The molecule has 100 valence electrons. The third-order valence-electron chi connectivity index (χ3n) is 2.75. The molecule has 1 heterocycles. The first-order chi connectivity index (χ1) is 9.15.